The molecule has 0 aliphatic carbocycles. The minimum absolute atomic E-state index is 0.113. The highest BCUT2D eigenvalue weighted by Crippen LogP contribution is 2.33. The summed E-state index contributed by atoms with van der Waals surface area (Å²) in [4.78, 5) is 11.7. The number of nitrogens with two attached hydrogens (primary N) is 1. The summed E-state index contributed by atoms with van der Waals surface area (Å²) < 4.78 is 0. The molecule has 0 aromatic heterocycles. The minimum Gasteiger partial charge on any atom is -0.330 e. The first-order valence-corrected chi connectivity index (χ1v) is 6.82. The molecule has 1 amide bonds. The van der Waals surface area contributed by atoms with Gasteiger partial charge >= 0.3 is 0 Å². The first-order valence-electron chi connectivity index (χ1n) is 5.69. The predicted octanol–water partition coefficient (Wildman–Crippen LogP) is 4.10. The molecule has 0 saturated carbocycles. The lowest BCUT2D eigenvalue weighted by molar-refractivity contribution is -0.116. The molecule has 0 radical (unpaired) electrons. The maximum Gasteiger partial charge on any atom is 0.224 e. The second-order valence-electron chi connectivity index (χ2n) is 3.89. The third-order valence-electron chi connectivity index (χ3n) is 2.38. The van der Waals surface area contributed by atoms with Crippen LogP contribution in [0.1, 0.15) is 25.7 Å². The van der Waals surface area contributed by atoms with Crippen LogP contribution < -0.4 is 11.1 Å². The van der Waals surface area contributed by atoms with E-state index in [1.165, 1.54) is 0 Å². The lowest BCUT2D eigenvalue weighted by Gasteiger charge is -2.09. The standard InChI is InChI=1S/C12H15Cl3N2O/c13-8-6-9(14)12(10(15)7-8)17-11(18)4-2-1-3-5-16/h6-7H,1-5,16H2,(H,17,18). The molecule has 1 rings (SSSR count). The third-order valence-corrected chi connectivity index (χ3v) is 3.19. The number of amides is 1. The molecule has 3 N–H and O–H groups in total. The fourth-order valence-electron chi connectivity index (χ4n) is 1.47. The summed E-state index contributed by atoms with van der Waals surface area (Å²) in [5.41, 5.74) is 5.78. The normalized spacial score (nSPS) is 10.4. The second-order valence-corrected chi connectivity index (χ2v) is 5.14. The molecule has 1 aromatic carbocycles. The van der Waals surface area contributed by atoms with Gasteiger partial charge in [0.1, 0.15) is 0 Å². The van der Waals surface area contributed by atoms with Gasteiger partial charge in [0.05, 0.1) is 15.7 Å². The van der Waals surface area contributed by atoms with Gasteiger partial charge in [0, 0.05) is 11.4 Å². The van der Waals surface area contributed by atoms with Crippen molar-refractivity contribution in [3.8, 4) is 0 Å². The molecular formula is C12H15Cl3N2O. The van der Waals surface area contributed by atoms with Crippen LogP contribution in [-0.2, 0) is 4.79 Å². The Kier molecular flexibility index (Phi) is 6.79. The van der Waals surface area contributed by atoms with Crippen molar-refractivity contribution < 1.29 is 4.79 Å². The Morgan fingerprint density at radius 3 is 2.28 bits per heavy atom. The summed E-state index contributed by atoms with van der Waals surface area (Å²) in [5, 5.41) is 3.80. The van der Waals surface area contributed by atoms with Gasteiger partial charge in [-0.25, -0.2) is 0 Å². The number of nitrogens with one attached hydrogen (secondary N) is 1. The van der Waals surface area contributed by atoms with Gasteiger partial charge in [0.2, 0.25) is 5.91 Å². The zero-order valence-corrected chi connectivity index (χ0v) is 12.1. The average molecular weight is 310 g/mol. The van der Waals surface area contributed by atoms with E-state index in [1.807, 2.05) is 0 Å². The molecule has 3 nitrogen and oxygen atoms in total. The molecule has 0 heterocycles. The molecule has 0 spiro atoms. The molecule has 100 valence electrons. The van der Waals surface area contributed by atoms with E-state index in [4.69, 9.17) is 40.5 Å². The number of benzene rings is 1. The van der Waals surface area contributed by atoms with Crippen molar-refractivity contribution in [2.24, 2.45) is 5.73 Å². The molecule has 0 fully saturated rings. The van der Waals surface area contributed by atoms with Crippen LogP contribution in [0, 0.1) is 0 Å². The summed E-state index contributed by atoms with van der Waals surface area (Å²) in [5.74, 6) is -0.113. The number of anilines is 1. The minimum atomic E-state index is -0.113. The zero-order valence-electron chi connectivity index (χ0n) is 9.81. The maximum atomic E-state index is 11.7. The summed E-state index contributed by atoms with van der Waals surface area (Å²) >= 11 is 17.7. The van der Waals surface area contributed by atoms with Crippen LogP contribution in [-0.4, -0.2) is 12.5 Å². The second kappa shape index (κ2) is 7.85. The van der Waals surface area contributed by atoms with Crippen LogP contribution >= 0.6 is 34.8 Å². The van der Waals surface area contributed by atoms with Crippen LogP contribution in [0.25, 0.3) is 0 Å². The van der Waals surface area contributed by atoms with E-state index in [2.05, 4.69) is 5.32 Å². The van der Waals surface area contributed by atoms with Gasteiger partial charge in [-0.1, -0.05) is 41.2 Å². The van der Waals surface area contributed by atoms with Gasteiger partial charge in [0.25, 0.3) is 0 Å². The Morgan fingerprint density at radius 1 is 1.11 bits per heavy atom. The van der Waals surface area contributed by atoms with E-state index in [9.17, 15) is 4.79 Å². The average Bonchev–Trinajstić information content (AvgIpc) is 2.29. The van der Waals surface area contributed by atoms with Gasteiger partial charge in [-0.3, -0.25) is 4.79 Å². The van der Waals surface area contributed by atoms with E-state index in [0.29, 0.717) is 33.7 Å². The van der Waals surface area contributed by atoms with Crippen molar-refractivity contribution in [3.05, 3.63) is 27.2 Å². The fraction of sp³-hybridized carbons (Fsp3) is 0.417. The summed E-state index contributed by atoms with van der Waals surface area (Å²) in [6, 6.07) is 3.08. The molecule has 1 aromatic rings. The monoisotopic (exact) mass is 308 g/mol. The predicted molar refractivity (Wildman–Crippen MR) is 77.6 cm³/mol. The number of hydrogen-bond acceptors (Lipinski definition) is 2. The van der Waals surface area contributed by atoms with Crippen LogP contribution in [0.3, 0.4) is 0 Å². The lowest BCUT2D eigenvalue weighted by atomic mass is 10.2. The van der Waals surface area contributed by atoms with Gasteiger partial charge in [0.15, 0.2) is 0 Å². The molecule has 0 unspecified atom stereocenters. The van der Waals surface area contributed by atoms with Gasteiger partial charge < -0.3 is 11.1 Å². The number of carbonyl (C=O) groups is 1. The molecule has 0 aliphatic heterocycles. The van der Waals surface area contributed by atoms with Crippen LogP contribution in [0.5, 0.6) is 0 Å². The SMILES string of the molecule is NCCCCCC(=O)Nc1c(Cl)cc(Cl)cc1Cl. The lowest BCUT2D eigenvalue weighted by Crippen LogP contribution is -2.12. The van der Waals surface area contributed by atoms with Crippen molar-refractivity contribution in [1.82, 2.24) is 0 Å². The molecule has 0 bridgehead atoms. The Morgan fingerprint density at radius 2 is 1.72 bits per heavy atom. The quantitative estimate of drug-likeness (QED) is 0.777. The first kappa shape index (κ1) is 15.6. The molecular weight excluding hydrogens is 295 g/mol. The summed E-state index contributed by atoms with van der Waals surface area (Å²) in [6.07, 6.45) is 3.09. The Hall–Kier alpha value is -0.480. The van der Waals surface area contributed by atoms with Gasteiger partial charge in [-0.2, -0.15) is 0 Å². The Balaban J connectivity index is 2.54. The van der Waals surface area contributed by atoms with Crippen molar-refractivity contribution in [1.29, 1.82) is 0 Å². The fourth-order valence-corrected chi connectivity index (χ4v) is 2.38. The summed E-state index contributed by atoms with van der Waals surface area (Å²) in [7, 11) is 0. The van der Waals surface area contributed by atoms with Crippen LogP contribution in [0.15, 0.2) is 12.1 Å². The molecule has 0 aliphatic rings. The van der Waals surface area contributed by atoms with E-state index < -0.39 is 0 Å². The highest BCUT2D eigenvalue weighted by atomic mass is 35.5. The third kappa shape index (κ3) is 5.02. The zero-order chi connectivity index (χ0) is 13.5. The van der Waals surface area contributed by atoms with Crippen LogP contribution in [0.4, 0.5) is 5.69 Å². The van der Waals surface area contributed by atoms with Gasteiger partial charge in [-0.05, 0) is 31.5 Å². The van der Waals surface area contributed by atoms with E-state index in [0.717, 1.165) is 19.3 Å². The van der Waals surface area contributed by atoms with Crippen molar-refractivity contribution >= 4 is 46.4 Å². The number of halogens is 3. The van der Waals surface area contributed by atoms with Crippen molar-refractivity contribution in [3.63, 3.8) is 0 Å². The van der Waals surface area contributed by atoms with E-state index in [1.54, 1.807) is 12.1 Å². The molecule has 18 heavy (non-hydrogen) atoms. The number of unbranched alkanes of at least 4 members (excludes halogenated alkanes) is 2. The topological polar surface area (TPSA) is 55.1 Å². The molecule has 6 heteroatoms. The number of carbonyl (C=O) groups excluding carboxylic acids is 1. The Labute approximate surface area is 122 Å². The highest BCUT2D eigenvalue weighted by Gasteiger charge is 2.10. The molecule has 0 saturated heterocycles. The Bertz CT molecular complexity index is 401. The largest absolute Gasteiger partial charge is 0.330 e. The van der Waals surface area contributed by atoms with Crippen molar-refractivity contribution in [2.45, 2.75) is 25.7 Å². The van der Waals surface area contributed by atoms with Gasteiger partial charge in [-0.15, -0.1) is 0 Å². The number of rotatable bonds is 6. The molecule has 0 atom stereocenters. The maximum absolute atomic E-state index is 11.7. The van der Waals surface area contributed by atoms with E-state index in [-0.39, 0.29) is 5.91 Å². The summed E-state index contributed by atoms with van der Waals surface area (Å²) in [6.45, 7) is 0.649. The van der Waals surface area contributed by atoms with Crippen LogP contribution in [0.2, 0.25) is 15.1 Å². The van der Waals surface area contributed by atoms with Crippen molar-refractivity contribution in [2.75, 3.05) is 11.9 Å². The smallest absolute Gasteiger partial charge is 0.224 e. The van der Waals surface area contributed by atoms with E-state index >= 15 is 0 Å². The number of hydrogen-bond donors (Lipinski definition) is 2. The highest BCUT2D eigenvalue weighted by molar-refractivity contribution is 6.42. The first-order chi connectivity index (χ1) is 8.54.